The molecule has 1 rings (SSSR count). The minimum Gasteiger partial charge on any atom is -0.357 e. The molecule has 12 heavy (non-hydrogen) atoms. The average molecular weight is 170 g/mol. The Morgan fingerprint density at radius 3 is 3.00 bits per heavy atom. The van der Waals surface area contributed by atoms with E-state index in [0.29, 0.717) is 0 Å². The van der Waals surface area contributed by atoms with Gasteiger partial charge in [0.25, 0.3) is 0 Å². The molecule has 0 amide bonds. The molecule has 1 N–H and O–H groups in total. The van der Waals surface area contributed by atoms with Gasteiger partial charge < -0.3 is 4.74 Å². The van der Waals surface area contributed by atoms with Crippen molar-refractivity contribution in [2.45, 2.75) is 45.8 Å². The SMILES string of the molecule is CC/C(C)=N\NC1CCCCO1. The molecule has 1 saturated heterocycles. The number of nitrogens with one attached hydrogen (secondary N) is 1. The smallest absolute Gasteiger partial charge is 0.142 e. The third-order valence-electron chi connectivity index (χ3n) is 2.09. The van der Waals surface area contributed by atoms with Crippen molar-refractivity contribution < 1.29 is 4.74 Å². The molecule has 1 unspecified atom stereocenters. The lowest BCUT2D eigenvalue weighted by Gasteiger charge is -2.22. The van der Waals surface area contributed by atoms with Gasteiger partial charge >= 0.3 is 0 Å². The Morgan fingerprint density at radius 1 is 1.58 bits per heavy atom. The van der Waals surface area contributed by atoms with Crippen LogP contribution in [-0.4, -0.2) is 18.5 Å². The first-order valence-electron chi connectivity index (χ1n) is 4.73. The van der Waals surface area contributed by atoms with Crippen LogP contribution in [0.15, 0.2) is 5.10 Å². The number of hydrogen-bond acceptors (Lipinski definition) is 3. The van der Waals surface area contributed by atoms with E-state index in [1.165, 1.54) is 12.8 Å². The second kappa shape index (κ2) is 5.14. The van der Waals surface area contributed by atoms with Crippen LogP contribution in [0.3, 0.4) is 0 Å². The average Bonchev–Trinajstić information content (AvgIpc) is 2.16. The van der Waals surface area contributed by atoms with E-state index < -0.39 is 0 Å². The zero-order chi connectivity index (χ0) is 8.81. The Hall–Kier alpha value is -0.570. The summed E-state index contributed by atoms with van der Waals surface area (Å²) in [6.45, 7) is 5.00. The maximum absolute atomic E-state index is 5.45. The first-order valence-corrected chi connectivity index (χ1v) is 4.73. The van der Waals surface area contributed by atoms with Crippen LogP contribution < -0.4 is 5.43 Å². The predicted molar refractivity (Wildman–Crippen MR) is 50.1 cm³/mol. The monoisotopic (exact) mass is 170 g/mol. The molecule has 70 valence electrons. The lowest BCUT2D eigenvalue weighted by atomic mass is 10.2. The van der Waals surface area contributed by atoms with Crippen LogP contribution in [0.25, 0.3) is 0 Å². The lowest BCUT2D eigenvalue weighted by Crippen LogP contribution is -2.31. The second-order valence-corrected chi connectivity index (χ2v) is 3.18. The lowest BCUT2D eigenvalue weighted by molar-refractivity contribution is -0.00455. The minimum absolute atomic E-state index is 0.153. The highest BCUT2D eigenvalue weighted by Crippen LogP contribution is 2.09. The van der Waals surface area contributed by atoms with Crippen LogP contribution in [0.1, 0.15) is 39.5 Å². The quantitative estimate of drug-likeness (QED) is 0.518. The summed E-state index contributed by atoms with van der Waals surface area (Å²) in [5.41, 5.74) is 4.17. The van der Waals surface area contributed by atoms with Crippen molar-refractivity contribution in [3.05, 3.63) is 0 Å². The molecule has 0 spiro atoms. The van der Waals surface area contributed by atoms with Crippen LogP contribution in [0, 0.1) is 0 Å². The normalized spacial score (nSPS) is 25.5. The zero-order valence-electron chi connectivity index (χ0n) is 7.97. The number of nitrogens with zero attached hydrogens (tertiary/aromatic N) is 1. The number of hydrazone groups is 1. The Morgan fingerprint density at radius 2 is 2.42 bits per heavy atom. The fraction of sp³-hybridized carbons (Fsp3) is 0.889. The topological polar surface area (TPSA) is 33.6 Å². The van der Waals surface area contributed by atoms with Gasteiger partial charge in [-0.25, -0.2) is 0 Å². The van der Waals surface area contributed by atoms with Gasteiger partial charge in [-0.1, -0.05) is 6.92 Å². The van der Waals surface area contributed by atoms with E-state index in [-0.39, 0.29) is 6.23 Å². The summed E-state index contributed by atoms with van der Waals surface area (Å²) < 4.78 is 5.45. The number of hydrogen-bond donors (Lipinski definition) is 1. The second-order valence-electron chi connectivity index (χ2n) is 3.18. The standard InChI is InChI=1S/C9H18N2O/c1-3-8(2)10-11-9-6-4-5-7-12-9/h9,11H,3-7H2,1-2H3/b10-8-. The van der Waals surface area contributed by atoms with Crippen molar-refractivity contribution in [1.82, 2.24) is 5.43 Å². The fourth-order valence-corrected chi connectivity index (χ4v) is 1.10. The summed E-state index contributed by atoms with van der Waals surface area (Å²) >= 11 is 0. The summed E-state index contributed by atoms with van der Waals surface area (Å²) in [6, 6.07) is 0. The van der Waals surface area contributed by atoms with Crippen molar-refractivity contribution in [3.63, 3.8) is 0 Å². The van der Waals surface area contributed by atoms with Crippen LogP contribution in [-0.2, 0) is 4.74 Å². The van der Waals surface area contributed by atoms with Crippen LogP contribution >= 0.6 is 0 Å². The van der Waals surface area contributed by atoms with Crippen LogP contribution in [0.4, 0.5) is 0 Å². The highest BCUT2D eigenvalue weighted by Gasteiger charge is 2.11. The molecular formula is C9H18N2O. The molecule has 0 bridgehead atoms. The molecule has 1 fully saturated rings. The Bertz CT molecular complexity index is 151. The van der Waals surface area contributed by atoms with E-state index in [0.717, 1.165) is 25.2 Å². The highest BCUT2D eigenvalue weighted by atomic mass is 16.5. The van der Waals surface area contributed by atoms with Gasteiger partial charge in [-0.2, -0.15) is 5.10 Å². The largest absolute Gasteiger partial charge is 0.357 e. The van der Waals surface area contributed by atoms with Crippen LogP contribution in [0.5, 0.6) is 0 Å². The first-order chi connectivity index (χ1) is 5.83. The van der Waals surface area contributed by atoms with Gasteiger partial charge in [-0.3, -0.25) is 5.43 Å². The van der Waals surface area contributed by atoms with Crippen molar-refractivity contribution in [2.24, 2.45) is 5.10 Å². The van der Waals surface area contributed by atoms with E-state index in [2.05, 4.69) is 17.5 Å². The van der Waals surface area contributed by atoms with E-state index in [9.17, 15) is 0 Å². The summed E-state index contributed by atoms with van der Waals surface area (Å²) in [5, 5.41) is 4.21. The summed E-state index contributed by atoms with van der Waals surface area (Å²) in [6.07, 6.45) is 4.67. The zero-order valence-corrected chi connectivity index (χ0v) is 7.97. The van der Waals surface area contributed by atoms with Gasteiger partial charge in [0.1, 0.15) is 6.23 Å². The highest BCUT2D eigenvalue weighted by molar-refractivity contribution is 5.81. The van der Waals surface area contributed by atoms with Crippen molar-refractivity contribution in [2.75, 3.05) is 6.61 Å². The number of ether oxygens (including phenoxy) is 1. The summed E-state index contributed by atoms with van der Waals surface area (Å²) in [5.74, 6) is 0. The van der Waals surface area contributed by atoms with Crippen LogP contribution in [0.2, 0.25) is 0 Å². The third kappa shape index (κ3) is 3.22. The molecule has 1 aliphatic heterocycles. The molecule has 0 aromatic heterocycles. The van der Waals surface area contributed by atoms with Crippen molar-refractivity contribution in [1.29, 1.82) is 0 Å². The fourth-order valence-electron chi connectivity index (χ4n) is 1.10. The molecule has 0 radical (unpaired) electrons. The Labute approximate surface area is 74.2 Å². The molecule has 1 aliphatic rings. The third-order valence-corrected chi connectivity index (χ3v) is 2.09. The van der Waals surface area contributed by atoms with E-state index in [4.69, 9.17) is 4.74 Å². The molecular weight excluding hydrogens is 152 g/mol. The van der Waals surface area contributed by atoms with Gasteiger partial charge in [-0.15, -0.1) is 0 Å². The maximum atomic E-state index is 5.45. The summed E-state index contributed by atoms with van der Waals surface area (Å²) in [7, 11) is 0. The van der Waals surface area contributed by atoms with E-state index >= 15 is 0 Å². The van der Waals surface area contributed by atoms with Crippen molar-refractivity contribution in [3.8, 4) is 0 Å². The molecule has 1 heterocycles. The van der Waals surface area contributed by atoms with Crippen molar-refractivity contribution >= 4 is 5.71 Å². The predicted octanol–water partition coefficient (Wildman–Crippen LogP) is 1.89. The molecule has 0 saturated carbocycles. The van der Waals surface area contributed by atoms with Gasteiger partial charge in [0.2, 0.25) is 0 Å². The molecule has 3 nitrogen and oxygen atoms in total. The van der Waals surface area contributed by atoms with Gasteiger partial charge in [0, 0.05) is 12.3 Å². The Balaban J connectivity index is 2.21. The first kappa shape index (κ1) is 9.52. The Kier molecular flexibility index (Phi) is 4.08. The maximum Gasteiger partial charge on any atom is 0.142 e. The van der Waals surface area contributed by atoms with Gasteiger partial charge in [-0.05, 0) is 32.6 Å². The summed E-state index contributed by atoms with van der Waals surface area (Å²) in [4.78, 5) is 0. The van der Waals surface area contributed by atoms with E-state index in [1.807, 2.05) is 6.92 Å². The van der Waals surface area contributed by atoms with Gasteiger partial charge in [0.05, 0.1) is 0 Å². The number of rotatable bonds is 3. The molecule has 0 aromatic carbocycles. The molecule has 0 aliphatic carbocycles. The molecule has 1 atom stereocenters. The molecule has 0 aromatic rings. The molecule has 3 heteroatoms. The minimum atomic E-state index is 0.153. The van der Waals surface area contributed by atoms with Gasteiger partial charge in [0.15, 0.2) is 0 Å². The van der Waals surface area contributed by atoms with E-state index in [1.54, 1.807) is 0 Å².